The van der Waals surface area contributed by atoms with E-state index in [-0.39, 0.29) is 23.8 Å². The SMILES string of the molecule is CC1(C)C(=O)CC(=O)C2(CC2)C1=O. The molecular formula is C10H12O3. The molecule has 0 N–H and O–H groups in total. The molecule has 0 bridgehead atoms. The van der Waals surface area contributed by atoms with E-state index in [9.17, 15) is 14.4 Å². The third kappa shape index (κ3) is 0.872. The molecule has 13 heavy (non-hydrogen) atoms. The van der Waals surface area contributed by atoms with E-state index in [1.165, 1.54) is 0 Å². The largest absolute Gasteiger partial charge is 0.298 e. The Morgan fingerprint density at radius 3 is 2.00 bits per heavy atom. The molecule has 0 aromatic heterocycles. The normalized spacial score (nSPS) is 29.5. The van der Waals surface area contributed by atoms with Gasteiger partial charge in [0, 0.05) is 0 Å². The number of Topliss-reactive ketones (excluding diaryl/α,β-unsaturated/α-hetero) is 3. The first-order valence-electron chi connectivity index (χ1n) is 4.53. The number of rotatable bonds is 0. The van der Waals surface area contributed by atoms with Crippen LogP contribution < -0.4 is 0 Å². The first-order chi connectivity index (χ1) is 5.91. The third-order valence-corrected chi connectivity index (χ3v) is 3.30. The molecule has 70 valence electrons. The molecule has 1 spiro atoms. The second kappa shape index (κ2) is 2.08. The van der Waals surface area contributed by atoms with Gasteiger partial charge >= 0.3 is 0 Å². The Hall–Kier alpha value is -0.990. The molecule has 0 amide bonds. The fourth-order valence-corrected chi connectivity index (χ4v) is 2.02. The molecule has 0 saturated heterocycles. The van der Waals surface area contributed by atoms with Gasteiger partial charge in [0.15, 0.2) is 17.3 Å². The van der Waals surface area contributed by atoms with E-state index in [0.29, 0.717) is 12.8 Å². The lowest BCUT2D eigenvalue weighted by Crippen LogP contribution is -2.48. The maximum atomic E-state index is 11.8. The topological polar surface area (TPSA) is 51.2 Å². The molecule has 0 atom stereocenters. The molecule has 2 saturated carbocycles. The molecule has 2 aliphatic rings. The van der Waals surface area contributed by atoms with Crippen LogP contribution in [-0.4, -0.2) is 17.3 Å². The minimum atomic E-state index is -0.926. The van der Waals surface area contributed by atoms with Crippen LogP contribution in [0.4, 0.5) is 0 Å². The van der Waals surface area contributed by atoms with Gasteiger partial charge < -0.3 is 0 Å². The maximum absolute atomic E-state index is 11.8. The standard InChI is InChI=1S/C10H12O3/c1-9(2)6(11)5-7(12)10(3-4-10)8(9)13/h3-5H2,1-2H3. The molecule has 0 aromatic carbocycles. The monoisotopic (exact) mass is 180 g/mol. The quantitative estimate of drug-likeness (QED) is 0.520. The van der Waals surface area contributed by atoms with E-state index in [1.807, 2.05) is 0 Å². The van der Waals surface area contributed by atoms with Gasteiger partial charge in [0.25, 0.3) is 0 Å². The van der Waals surface area contributed by atoms with E-state index >= 15 is 0 Å². The Labute approximate surface area is 76.5 Å². The van der Waals surface area contributed by atoms with Gasteiger partial charge in [0.2, 0.25) is 0 Å². The van der Waals surface area contributed by atoms with Gasteiger partial charge in [0.1, 0.15) is 0 Å². The van der Waals surface area contributed by atoms with Crippen molar-refractivity contribution in [3.8, 4) is 0 Å². The molecule has 2 rings (SSSR count). The van der Waals surface area contributed by atoms with Gasteiger partial charge in [-0.2, -0.15) is 0 Å². The predicted octanol–water partition coefficient (Wildman–Crippen LogP) is 0.904. The van der Waals surface area contributed by atoms with E-state index < -0.39 is 10.8 Å². The Balaban J connectivity index is 2.43. The van der Waals surface area contributed by atoms with Crippen molar-refractivity contribution < 1.29 is 14.4 Å². The van der Waals surface area contributed by atoms with Gasteiger partial charge in [-0.25, -0.2) is 0 Å². The highest BCUT2D eigenvalue weighted by Gasteiger charge is 2.64. The van der Waals surface area contributed by atoms with Gasteiger partial charge in [-0.3, -0.25) is 14.4 Å². The lowest BCUT2D eigenvalue weighted by Gasteiger charge is -2.31. The number of hydrogen-bond acceptors (Lipinski definition) is 3. The Morgan fingerprint density at radius 2 is 1.54 bits per heavy atom. The Bertz CT molecular complexity index is 303. The lowest BCUT2D eigenvalue weighted by molar-refractivity contribution is -0.151. The average Bonchev–Trinajstić information content (AvgIpc) is 2.80. The minimum absolute atomic E-state index is 0.0429. The number of hydrogen-bond donors (Lipinski definition) is 0. The van der Waals surface area contributed by atoms with Gasteiger partial charge in [-0.05, 0) is 26.7 Å². The molecule has 0 radical (unpaired) electrons. The van der Waals surface area contributed by atoms with Crippen LogP contribution in [0.3, 0.4) is 0 Å². The van der Waals surface area contributed by atoms with Crippen molar-refractivity contribution in [1.82, 2.24) is 0 Å². The fourth-order valence-electron chi connectivity index (χ4n) is 2.02. The maximum Gasteiger partial charge on any atom is 0.159 e. The third-order valence-electron chi connectivity index (χ3n) is 3.30. The summed E-state index contributed by atoms with van der Waals surface area (Å²) in [5.74, 6) is -0.525. The van der Waals surface area contributed by atoms with Crippen LogP contribution in [0.15, 0.2) is 0 Å². The highest BCUT2D eigenvalue weighted by atomic mass is 16.2. The number of ketones is 3. The van der Waals surface area contributed by atoms with Crippen molar-refractivity contribution in [3.05, 3.63) is 0 Å². The summed E-state index contributed by atoms with van der Waals surface area (Å²) < 4.78 is 0. The highest BCUT2D eigenvalue weighted by Crippen LogP contribution is 2.54. The highest BCUT2D eigenvalue weighted by molar-refractivity contribution is 6.28. The van der Waals surface area contributed by atoms with Crippen LogP contribution in [0.25, 0.3) is 0 Å². The predicted molar refractivity (Wildman–Crippen MR) is 45.1 cm³/mol. The summed E-state index contributed by atoms with van der Waals surface area (Å²) >= 11 is 0. The lowest BCUT2D eigenvalue weighted by atomic mass is 9.67. The number of carbonyl (C=O) groups excluding carboxylic acids is 3. The van der Waals surface area contributed by atoms with Crippen molar-refractivity contribution in [2.75, 3.05) is 0 Å². The van der Waals surface area contributed by atoms with Crippen molar-refractivity contribution in [2.45, 2.75) is 33.1 Å². The minimum Gasteiger partial charge on any atom is -0.298 e. The van der Waals surface area contributed by atoms with Crippen molar-refractivity contribution in [3.63, 3.8) is 0 Å². The second-order valence-electron chi connectivity index (χ2n) is 4.56. The van der Waals surface area contributed by atoms with Gasteiger partial charge in [0.05, 0.1) is 17.3 Å². The fraction of sp³-hybridized carbons (Fsp3) is 0.700. The molecule has 3 nitrogen and oxygen atoms in total. The summed E-state index contributed by atoms with van der Waals surface area (Å²) in [7, 11) is 0. The van der Waals surface area contributed by atoms with Crippen LogP contribution >= 0.6 is 0 Å². The number of carbonyl (C=O) groups is 3. The van der Waals surface area contributed by atoms with Crippen LogP contribution in [0, 0.1) is 10.8 Å². The smallest absolute Gasteiger partial charge is 0.159 e. The van der Waals surface area contributed by atoms with Crippen molar-refractivity contribution in [2.24, 2.45) is 10.8 Å². The van der Waals surface area contributed by atoms with Crippen LogP contribution in [0.2, 0.25) is 0 Å². The Kier molecular flexibility index (Phi) is 1.38. The molecule has 0 heterocycles. The summed E-state index contributed by atoms with van der Waals surface area (Å²) in [5.41, 5.74) is -1.66. The summed E-state index contributed by atoms with van der Waals surface area (Å²) in [6.07, 6.45) is 1.27. The Morgan fingerprint density at radius 1 is 1.00 bits per heavy atom. The molecule has 2 aliphatic carbocycles. The zero-order valence-corrected chi connectivity index (χ0v) is 7.85. The zero-order valence-electron chi connectivity index (χ0n) is 7.85. The molecule has 2 fully saturated rings. The van der Waals surface area contributed by atoms with Crippen LogP contribution in [0.1, 0.15) is 33.1 Å². The van der Waals surface area contributed by atoms with Crippen LogP contribution in [0.5, 0.6) is 0 Å². The molecule has 3 heteroatoms. The van der Waals surface area contributed by atoms with E-state index in [0.717, 1.165) is 0 Å². The molecular weight excluding hydrogens is 168 g/mol. The van der Waals surface area contributed by atoms with E-state index in [1.54, 1.807) is 13.8 Å². The first kappa shape index (κ1) is 8.60. The van der Waals surface area contributed by atoms with Crippen molar-refractivity contribution in [1.29, 1.82) is 0 Å². The summed E-state index contributed by atoms with van der Waals surface area (Å²) in [6.45, 7) is 3.26. The van der Waals surface area contributed by atoms with Gasteiger partial charge in [-0.1, -0.05) is 0 Å². The average molecular weight is 180 g/mol. The molecule has 0 aliphatic heterocycles. The first-order valence-corrected chi connectivity index (χ1v) is 4.53. The van der Waals surface area contributed by atoms with Gasteiger partial charge in [-0.15, -0.1) is 0 Å². The molecule has 0 aromatic rings. The summed E-state index contributed by atoms with van der Waals surface area (Å²) in [6, 6.07) is 0. The zero-order chi connectivity index (χ0) is 9.85. The van der Waals surface area contributed by atoms with E-state index in [4.69, 9.17) is 0 Å². The summed E-state index contributed by atoms with van der Waals surface area (Å²) in [4.78, 5) is 34.7. The van der Waals surface area contributed by atoms with E-state index in [2.05, 4.69) is 0 Å². The summed E-state index contributed by atoms with van der Waals surface area (Å²) in [5, 5.41) is 0. The molecule has 0 unspecified atom stereocenters. The second-order valence-corrected chi connectivity index (χ2v) is 4.56. The van der Waals surface area contributed by atoms with Crippen molar-refractivity contribution >= 4 is 17.3 Å². The van der Waals surface area contributed by atoms with Crippen LogP contribution in [-0.2, 0) is 14.4 Å².